The van der Waals surface area contributed by atoms with E-state index in [4.69, 9.17) is 4.74 Å². The van der Waals surface area contributed by atoms with E-state index < -0.39 is 6.09 Å². The standard InChI is InChI=1S/C10H16N4O2/c1-7(2)16-10(15)13-9-3-4-12-14(9)8-5-11-6-8/h3-4,7-8,11H,5-6H2,1-2H3,(H,13,15). The van der Waals surface area contributed by atoms with Crippen LogP contribution < -0.4 is 10.6 Å². The second-order valence-electron chi connectivity index (χ2n) is 4.05. The van der Waals surface area contributed by atoms with Gasteiger partial charge in [-0.1, -0.05) is 0 Å². The number of nitrogens with one attached hydrogen (secondary N) is 2. The number of hydrogen-bond acceptors (Lipinski definition) is 4. The number of rotatable bonds is 3. The molecule has 0 bridgehead atoms. The molecular formula is C10H16N4O2. The Balaban J connectivity index is 1.98. The van der Waals surface area contributed by atoms with Crippen LogP contribution in [0.4, 0.5) is 10.6 Å². The smallest absolute Gasteiger partial charge is 0.413 e. The zero-order chi connectivity index (χ0) is 11.5. The number of carbonyl (C=O) groups excluding carboxylic acids is 1. The van der Waals surface area contributed by atoms with Gasteiger partial charge in [0.05, 0.1) is 18.3 Å². The molecule has 16 heavy (non-hydrogen) atoms. The minimum absolute atomic E-state index is 0.123. The fourth-order valence-corrected chi connectivity index (χ4v) is 1.50. The van der Waals surface area contributed by atoms with Crippen molar-refractivity contribution in [3.8, 4) is 0 Å². The summed E-state index contributed by atoms with van der Waals surface area (Å²) in [5.74, 6) is 0.678. The van der Waals surface area contributed by atoms with Crippen molar-refractivity contribution in [2.75, 3.05) is 18.4 Å². The van der Waals surface area contributed by atoms with Crippen LogP contribution in [0.1, 0.15) is 19.9 Å². The van der Waals surface area contributed by atoms with Crippen LogP contribution in [0.3, 0.4) is 0 Å². The number of hydrogen-bond donors (Lipinski definition) is 2. The quantitative estimate of drug-likeness (QED) is 0.803. The summed E-state index contributed by atoms with van der Waals surface area (Å²) in [6.07, 6.45) is 1.11. The third-order valence-electron chi connectivity index (χ3n) is 2.35. The van der Waals surface area contributed by atoms with Crippen molar-refractivity contribution in [3.05, 3.63) is 12.3 Å². The fraction of sp³-hybridized carbons (Fsp3) is 0.600. The summed E-state index contributed by atoms with van der Waals surface area (Å²) < 4.78 is 6.81. The molecule has 2 rings (SSSR count). The van der Waals surface area contributed by atoms with E-state index in [1.54, 1.807) is 16.9 Å². The highest BCUT2D eigenvalue weighted by atomic mass is 16.6. The Labute approximate surface area is 94.0 Å². The van der Waals surface area contributed by atoms with Crippen molar-refractivity contribution in [1.29, 1.82) is 0 Å². The van der Waals surface area contributed by atoms with Gasteiger partial charge in [-0.25, -0.2) is 9.48 Å². The van der Waals surface area contributed by atoms with Crippen LogP contribution in [0.25, 0.3) is 0 Å². The average Bonchev–Trinajstić information content (AvgIpc) is 2.48. The summed E-state index contributed by atoms with van der Waals surface area (Å²) in [6, 6.07) is 2.09. The van der Waals surface area contributed by atoms with Crippen molar-refractivity contribution < 1.29 is 9.53 Å². The fourth-order valence-electron chi connectivity index (χ4n) is 1.50. The molecule has 1 aliphatic rings. The lowest BCUT2D eigenvalue weighted by atomic mass is 10.2. The summed E-state index contributed by atoms with van der Waals surface area (Å²) in [5, 5.41) is 10.0. The molecule has 0 atom stereocenters. The molecule has 6 heteroatoms. The average molecular weight is 224 g/mol. The SMILES string of the molecule is CC(C)OC(=O)Nc1ccnn1C1CNC1. The third kappa shape index (κ3) is 2.33. The van der Waals surface area contributed by atoms with E-state index in [2.05, 4.69) is 15.7 Å². The molecule has 1 aromatic heterocycles. The van der Waals surface area contributed by atoms with Crippen LogP contribution in [0, 0.1) is 0 Å². The molecular weight excluding hydrogens is 208 g/mol. The second-order valence-corrected chi connectivity index (χ2v) is 4.05. The normalized spacial score (nSPS) is 15.9. The van der Waals surface area contributed by atoms with Gasteiger partial charge in [0.2, 0.25) is 0 Å². The van der Waals surface area contributed by atoms with Gasteiger partial charge in [-0.05, 0) is 13.8 Å². The van der Waals surface area contributed by atoms with Crippen molar-refractivity contribution in [2.45, 2.75) is 26.0 Å². The first kappa shape index (κ1) is 10.9. The van der Waals surface area contributed by atoms with Crippen LogP contribution in [0.2, 0.25) is 0 Å². The molecule has 0 aliphatic carbocycles. The Morgan fingerprint density at radius 3 is 3.00 bits per heavy atom. The van der Waals surface area contributed by atoms with Crippen LogP contribution >= 0.6 is 0 Å². The van der Waals surface area contributed by atoms with Gasteiger partial charge in [-0.3, -0.25) is 5.32 Å². The highest BCUT2D eigenvalue weighted by Gasteiger charge is 2.22. The van der Waals surface area contributed by atoms with E-state index in [1.165, 1.54) is 0 Å². The van der Waals surface area contributed by atoms with Crippen LogP contribution in [0.15, 0.2) is 12.3 Å². The molecule has 1 aliphatic heterocycles. The van der Waals surface area contributed by atoms with Crippen LogP contribution in [0.5, 0.6) is 0 Å². The molecule has 0 radical (unpaired) electrons. The van der Waals surface area contributed by atoms with E-state index >= 15 is 0 Å². The van der Waals surface area contributed by atoms with E-state index in [0.29, 0.717) is 11.9 Å². The number of ether oxygens (including phenoxy) is 1. The van der Waals surface area contributed by atoms with Gasteiger partial charge < -0.3 is 10.1 Å². The summed E-state index contributed by atoms with van der Waals surface area (Å²) in [7, 11) is 0. The van der Waals surface area contributed by atoms with Gasteiger partial charge >= 0.3 is 6.09 Å². The molecule has 88 valence electrons. The van der Waals surface area contributed by atoms with Gasteiger partial charge in [-0.15, -0.1) is 0 Å². The van der Waals surface area contributed by atoms with E-state index in [9.17, 15) is 4.79 Å². The molecule has 0 saturated carbocycles. The lowest BCUT2D eigenvalue weighted by Crippen LogP contribution is -2.44. The summed E-state index contributed by atoms with van der Waals surface area (Å²) in [4.78, 5) is 11.4. The van der Waals surface area contributed by atoms with Crippen LogP contribution in [-0.2, 0) is 4.74 Å². The molecule has 1 aromatic rings. The summed E-state index contributed by atoms with van der Waals surface area (Å²) >= 11 is 0. The zero-order valence-electron chi connectivity index (χ0n) is 9.43. The summed E-state index contributed by atoms with van der Waals surface area (Å²) in [5.41, 5.74) is 0. The molecule has 0 spiro atoms. The van der Waals surface area contributed by atoms with Gasteiger partial charge in [-0.2, -0.15) is 5.10 Å². The van der Waals surface area contributed by atoms with Crippen LogP contribution in [-0.4, -0.2) is 35.1 Å². The highest BCUT2D eigenvalue weighted by molar-refractivity contribution is 5.83. The van der Waals surface area contributed by atoms with Gasteiger partial charge in [0, 0.05) is 19.2 Å². The molecule has 1 amide bonds. The van der Waals surface area contributed by atoms with Gasteiger partial charge in [0.1, 0.15) is 5.82 Å². The summed E-state index contributed by atoms with van der Waals surface area (Å²) in [6.45, 7) is 5.39. The maximum atomic E-state index is 11.4. The number of aromatic nitrogens is 2. The van der Waals surface area contributed by atoms with Crippen molar-refractivity contribution in [2.24, 2.45) is 0 Å². The number of carbonyl (C=O) groups is 1. The highest BCUT2D eigenvalue weighted by Crippen LogP contribution is 2.17. The van der Waals surface area contributed by atoms with E-state index in [-0.39, 0.29) is 6.10 Å². The van der Waals surface area contributed by atoms with Gasteiger partial charge in [0.15, 0.2) is 0 Å². The monoisotopic (exact) mass is 224 g/mol. The number of nitrogens with zero attached hydrogens (tertiary/aromatic N) is 2. The first-order valence-electron chi connectivity index (χ1n) is 5.38. The molecule has 1 fully saturated rings. The predicted molar refractivity (Wildman–Crippen MR) is 59.4 cm³/mol. The Morgan fingerprint density at radius 1 is 1.69 bits per heavy atom. The third-order valence-corrected chi connectivity index (χ3v) is 2.35. The molecule has 1 saturated heterocycles. The number of amides is 1. The Hall–Kier alpha value is -1.56. The van der Waals surface area contributed by atoms with Crippen molar-refractivity contribution in [3.63, 3.8) is 0 Å². The predicted octanol–water partition coefficient (Wildman–Crippen LogP) is 0.984. The lowest BCUT2D eigenvalue weighted by molar-refractivity contribution is 0.129. The first-order valence-corrected chi connectivity index (χ1v) is 5.38. The second kappa shape index (κ2) is 4.52. The minimum Gasteiger partial charge on any atom is -0.447 e. The maximum absolute atomic E-state index is 11.4. The minimum atomic E-state index is -0.441. The van der Waals surface area contributed by atoms with Crippen molar-refractivity contribution in [1.82, 2.24) is 15.1 Å². The molecule has 0 unspecified atom stereocenters. The molecule has 2 N–H and O–H groups in total. The molecule has 0 aromatic carbocycles. The van der Waals surface area contributed by atoms with E-state index in [1.807, 2.05) is 13.8 Å². The Kier molecular flexibility index (Phi) is 3.09. The topological polar surface area (TPSA) is 68.2 Å². The lowest BCUT2D eigenvalue weighted by Gasteiger charge is -2.28. The maximum Gasteiger partial charge on any atom is 0.413 e. The first-order chi connectivity index (χ1) is 7.66. The number of anilines is 1. The van der Waals surface area contributed by atoms with Crippen molar-refractivity contribution >= 4 is 11.9 Å². The van der Waals surface area contributed by atoms with Gasteiger partial charge in [0.25, 0.3) is 0 Å². The molecule has 2 heterocycles. The largest absolute Gasteiger partial charge is 0.447 e. The molecule has 6 nitrogen and oxygen atoms in total. The Bertz CT molecular complexity index is 371. The Morgan fingerprint density at radius 2 is 2.44 bits per heavy atom. The van der Waals surface area contributed by atoms with E-state index in [0.717, 1.165) is 13.1 Å². The zero-order valence-corrected chi connectivity index (χ0v) is 9.43.